The molecule has 2 aromatic carbocycles. The lowest BCUT2D eigenvalue weighted by atomic mass is 9.94. The van der Waals surface area contributed by atoms with Gasteiger partial charge in [-0.15, -0.1) is 11.3 Å². The highest BCUT2D eigenvalue weighted by Crippen LogP contribution is 2.42. The predicted molar refractivity (Wildman–Crippen MR) is 131 cm³/mol. The van der Waals surface area contributed by atoms with Gasteiger partial charge >= 0.3 is 6.09 Å². The van der Waals surface area contributed by atoms with Crippen LogP contribution in [0, 0.1) is 18.7 Å². The number of aryl methyl sites for hydroxylation is 1. The molecular formula is C25H25FN2O4S. The Kier molecular flexibility index (Phi) is 6.12. The van der Waals surface area contributed by atoms with Crippen molar-refractivity contribution in [3.8, 4) is 16.9 Å². The number of pyridine rings is 1. The molecule has 0 atom stereocenters. The molecular weight excluding hydrogens is 443 g/mol. The number of thiophene rings is 1. The number of anilines is 1. The predicted octanol–water partition coefficient (Wildman–Crippen LogP) is 6.40. The summed E-state index contributed by atoms with van der Waals surface area (Å²) in [6.07, 6.45) is -0.578. The second-order valence-electron chi connectivity index (χ2n) is 8.42. The van der Waals surface area contributed by atoms with Gasteiger partial charge in [-0.2, -0.15) is 0 Å². The highest BCUT2D eigenvalue weighted by atomic mass is 32.1. The molecule has 33 heavy (non-hydrogen) atoms. The summed E-state index contributed by atoms with van der Waals surface area (Å²) in [7, 11) is 1.55. The van der Waals surface area contributed by atoms with E-state index in [-0.39, 0.29) is 23.7 Å². The molecule has 0 bridgehead atoms. The van der Waals surface area contributed by atoms with Crippen molar-refractivity contribution in [2.45, 2.75) is 27.2 Å². The quantitative estimate of drug-likeness (QED) is 0.343. The molecule has 6 nitrogen and oxygen atoms in total. The van der Waals surface area contributed by atoms with E-state index in [0.717, 1.165) is 21.2 Å². The number of rotatable bonds is 6. The van der Waals surface area contributed by atoms with Crippen molar-refractivity contribution in [2.75, 3.05) is 18.6 Å². The van der Waals surface area contributed by atoms with Gasteiger partial charge < -0.3 is 14.8 Å². The summed E-state index contributed by atoms with van der Waals surface area (Å²) >= 11 is 1.34. The van der Waals surface area contributed by atoms with E-state index in [2.05, 4.69) is 4.98 Å². The lowest BCUT2D eigenvalue weighted by Gasteiger charge is -2.22. The zero-order chi connectivity index (χ0) is 23.9. The Labute approximate surface area is 194 Å². The van der Waals surface area contributed by atoms with Crippen molar-refractivity contribution in [1.82, 2.24) is 4.98 Å². The molecule has 0 radical (unpaired) electrons. The van der Waals surface area contributed by atoms with Gasteiger partial charge in [-0.3, -0.25) is 9.69 Å². The summed E-state index contributed by atoms with van der Waals surface area (Å²) in [5.41, 5.74) is 2.51. The zero-order valence-corrected chi connectivity index (χ0v) is 19.7. The van der Waals surface area contributed by atoms with Crippen molar-refractivity contribution >= 4 is 44.1 Å². The maximum absolute atomic E-state index is 15.3. The summed E-state index contributed by atoms with van der Waals surface area (Å²) in [6.45, 7) is 6.07. The molecule has 2 heterocycles. The Morgan fingerprint density at radius 2 is 2.03 bits per heavy atom. The topological polar surface area (TPSA) is 82.6 Å². The highest BCUT2D eigenvalue weighted by Gasteiger charge is 2.22. The normalized spacial score (nSPS) is 11.5. The fourth-order valence-corrected chi connectivity index (χ4v) is 4.90. The van der Waals surface area contributed by atoms with Crippen LogP contribution in [0.15, 0.2) is 40.5 Å². The molecule has 0 aliphatic heterocycles. The number of fused-ring (bicyclic) bond motifs is 3. The number of hydrogen-bond donors (Lipinski definition) is 2. The Bertz CT molecular complexity index is 1420. The summed E-state index contributed by atoms with van der Waals surface area (Å²) in [5, 5.41) is 13.0. The number of hydrogen-bond acceptors (Lipinski definition) is 4. The molecule has 0 aliphatic carbocycles. The molecule has 4 rings (SSSR count). The summed E-state index contributed by atoms with van der Waals surface area (Å²) in [5.74, 6) is 0.189. The molecule has 2 N–H and O–H groups in total. The van der Waals surface area contributed by atoms with Crippen LogP contribution in [0.1, 0.15) is 25.8 Å². The van der Waals surface area contributed by atoms with E-state index in [1.807, 2.05) is 38.3 Å². The average molecular weight is 469 g/mol. The maximum Gasteiger partial charge on any atom is 0.411 e. The van der Waals surface area contributed by atoms with Gasteiger partial charge in [0.25, 0.3) is 5.56 Å². The Morgan fingerprint density at radius 1 is 1.27 bits per heavy atom. The first kappa shape index (κ1) is 22.8. The van der Waals surface area contributed by atoms with Crippen molar-refractivity contribution in [3.05, 3.63) is 57.4 Å². The number of halogens is 1. The Morgan fingerprint density at radius 3 is 2.67 bits per heavy atom. The number of H-pyrrole nitrogens is 1. The summed E-state index contributed by atoms with van der Waals surface area (Å²) in [4.78, 5) is 28.3. The van der Waals surface area contributed by atoms with Gasteiger partial charge in [-0.1, -0.05) is 19.9 Å². The molecule has 172 valence electrons. The molecule has 0 spiro atoms. The number of methoxy groups -OCH3 is 1. The monoisotopic (exact) mass is 468 g/mol. The second-order valence-corrected chi connectivity index (χ2v) is 9.34. The van der Waals surface area contributed by atoms with E-state index < -0.39 is 11.9 Å². The van der Waals surface area contributed by atoms with Crippen molar-refractivity contribution < 1.29 is 19.0 Å². The van der Waals surface area contributed by atoms with Crippen LogP contribution in [-0.4, -0.2) is 29.8 Å². The summed E-state index contributed by atoms with van der Waals surface area (Å²) < 4.78 is 21.5. The van der Waals surface area contributed by atoms with Crippen molar-refractivity contribution in [3.63, 3.8) is 0 Å². The fraction of sp³-hybridized carbons (Fsp3) is 0.280. The van der Waals surface area contributed by atoms with Gasteiger partial charge in [0.2, 0.25) is 0 Å². The zero-order valence-electron chi connectivity index (χ0n) is 18.9. The van der Waals surface area contributed by atoms with Crippen molar-refractivity contribution in [1.29, 1.82) is 0 Å². The minimum atomic E-state index is -1.20. The molecule has 4 aromatic rings. The molecule has 0 saturated carbocycles. The third kappa shape index (κ3) is 4.06. The molecule has 0 fully saturated rings. The molecule has 0 saturated heterocycles. The fourth-order valence-electron chi connectivity index (χ4n) is 4.10. The number of benzene rings is 2. The maximum atomic E-state index is 15.3. The molecule has 2 aromatic heterocycles. The van der Waals surface area contributed by atoms with Crippen LogP contribution in [0.3, 0.4) is 0 Å². The molecule has 8 heteroatoms. The van der Waals surface area contributed by atoms with Crippen LogP contribution >= 0.6 is 11.3 Å². The van der Waals surface area contributed by atoms with Crippen LogP contribution in [0.4, 0.5) is 14.9 Å². The smallest absolute Gasteiger partial charge is 0.411 e. The van der Waals surface area contributed by atoms with Crippen LogP contribution in [0.25, 0.3) is 32.1 Å². The third-order valence-electron chi connectivity index (χ3n) is 5.78. The van der Waals surface area contributed by atoms with Crippen molar-refractivity contribution in [2.24, 2.45) is 5.92 Å². The lowest BCUT2D eigenvalue weighted by Crippen LogP contribution is -2.31. The van der Waals surface area contributed by atoms with Gasteiger partial charge in [-0.25, -0.2) is 9.18 Å². The number of nitrogens with one attached hydrogen (secondary N) is 1. The number of aromatic nitrogens is 1. The first-order valence-corrected chi connectivity index (χ1v) is 11.5. The standard InChI is InChI=1S/C25H25FN2O4S/c1-13(2)7-9-28(25(30)31)18-6-5-15(12-17(18)26)20-19(32-4)11-14(3)22-21(20)16-8-10-33-23(16)24(29)27-22/h5-6,8,10-13H,7,9H2,1-4H3,(H,27,29)(H,30,31). The van der Waals surface area contributed by atoms with Crippen LogP contribution < -0.4 is 15.2 Å². The average Bonchev–Trinajstić information content (AvgIpc) is 3.25. The Hall–Kier alpha value is -3.39. The minimum absolute atomic E-state index is 0.0105. The van der Waals surface area contributed by atoms with Gasteiger partial charge in [0.15, 0.2) is 0 Å². The van der Waals surface area contributed by atoms with Crippen LogP contribution in [0.2, 0.25) is 0 Å². The van der Waals surface area contributed by atoms with E-state index in [1.165, 1.54) is 23.5 Å². The van der Waals surface area contributed by atoms with Gasteiger partial charge in [0, 0.05) is 22.9 Å². The van der Waals surface area contributed by atoms with E-state index in [9.17, 15) is 14.7 Å². The summed E-state index contributed by atoms with van der Waals surface area (Å²) in [6, 6.07) is 8.20. The number of carbonyl (C=O) groups is 1. The number of carboxylic acid groups (broad SMARTS) is 1. The van der Waals surface area contributed by atoms with Gasteiger partial charge in [0.1, 0.15) is 16.3 Å². The third-order valence-corrected chi connectivity index (χ3v) is 6.69. The first-order valence-electron chi connectivity index (χ1n) is 10.6. The second kappa shape index (κ2) is 8.86. The SMILES string of the molecule is COc1cc(C)c2[nH]c(=O)c3sccc3c2c1-c1ccc(N(CCC(C)C)C(=O)O)c(F)c1. The van der Waals surface area contributed by atoms with E-state index in [0.29, 0.717) is 33.5 Å². The first-order chi connectivity index (χ1) is 15.7. The van der Waals surface area contributed by atoms with E-state index >= 15 is 4.39 Å². The Balaban J connectivity index is 1.95. The van der Waals surface area contributed by atoms with Crippen LogP contribution in [0.5, 0.6) is 5.75 Å². The van der Waals surface area contributed by atoms with Gasteiger partial charge in [0.05, 0.1) is 18.3 Å². The largest absolute Gasteiger partial charge is 0.496 e. The highest BCUT2D eigenvalue weighted by molar-refractivity contribution is 7.17. The number of ether oxygens (including phenoxy) is 1. The lowest BCUT2D eigenvalue weighted by molar-refractivity contribution is 0.201. The molecule has 0 aliphatic rings. The number of nitrogens with zero attached hydrogens (tertiary/aromatic N) is 1. The minimum Gasteiger partial charge on any atom is -0.496 e. The van der Waals surface area contributed by atoms with E-state index in [1.54, 1.807) is 13.2 Å². The van der Waals surface area contributed by atoms with Crippen LogP contribution in [-0.2, 0) is 0 Å². The van der Waals surface area contributed by atoms with Gasteiger partial charge in [-0.05, 0) is 60.0 Å². The number of amides is 1. The molecule has 0 unspecified atom stereocenters. The number of aromatic amines is 1. The van der Waals surface area contributed by atoms with E-state index in [4.69, 9.17) is 4.74 Å². The molecule has 1 amide bonds.